The molecule has 1 saturated carbocycles. The lowest BCUT2D eigenvalue weighted by atomic mass is 9.96. The largest absolute Gasteiger partial charge is 0.466 e. The molecule has 2 atom stereocenters. The van der Waals surface area contributed by atoms with E-state index < -0.39 is 0 Å². The van der Waals surface area contributed by atoms with Gasteiger partial charge in [0.15, 0.2) is 5.82 Å². The third-order valence-electron chi connectivity index (χ3n) is 5.48. The molecule has 2 aromatic rings. The third kappa shape index (κ3) is 3.62. The molecule has 2 aliphatic rings. The Morgan fingerprint density at radius 3 is 2.72 bits per heavy atom. The summed E-state index contributed by atoms with van der Waals surface area (Å²) < 4.78 is 11.2. The minimum absolute atomic E-state index is 0.206. The lowest BCUT2D eigenvalue weighted by Crippen LogP contribution is -2.38. The van der Waals surface area contributed by atoms with Crippen molar-refractivity contribution in [1.82, 2.24) is 15.0 Å². The van der Waals surface area contributed by atoms with Crippen LogP contribution in [0.15, 0.2) is 21.1 Å². The molecule has 0 radical (unpaired) electrons. The molecule has 0 spiro atoms. The number of aromatic nitrogens is 2. The van der Waals surface area contributed by atoms with E-state index in [4.69, 9.17) is 8.94 Å². The Labute approximate surface area is 147 Å². The first-order valence-electron chi connectivity index (χ1n) is 9.26. The number of likely N-dealkylation sites (tertiary alicyclic amines) is 1. The zero-order valence-corrected chi connectivity index (χ0v) is 14.9. The Morgan fingerprint density at radius 2 is 2.08 bits per heavy atom. The summed E-state index contributed by atoms with van der Waals surface area (Å²) in [7, 11) is 0. The number of rotatable bonds is 5. The van der Waals surface area contributed by atoms with Crippen molar-refractivity contribution in [3.63, 3.8) is 0 Å². The average Bonchev–Trinajstić information content (AvgIpc) is 3.02. The summed E-state index contributed by atoms with van der Waals surface area (Å²) >= 11 is 0. The summed E-state index contributed by atoms with van der Waals surface area (Å²) in [4.78, 5) is 18.7. The molecule has 6 heteroatoms. The smallest absolute Gasteiger partial charge is 0.229 e. The summed E-state index contributed by atoms with van der Waals surface area (Å²) in [6.45, 7) is 5.59. The van der Waals surface area contributed by atoms with Crippen molar-refractivity contribution in [2.24, 2.45) is 5.92 Å². The van der Waals surface area contributed by atoms with Crippen LogP contribution in [-0.4, -0.2) is 34.0 Å². The number of nitrogens with zero attached hydrogens (tertiary/aromatic N) is 3. The summed E-state index contributed by atoms with van der Waals surface area (Å²) in [6.07, 6.45) is 4.19. The molecule has 134 valence electrons. The zero-order chi connectivity index (χ0) is 17.4. The van der Waals surface area contributed by atoms with Crippen LogP contribution >= 0.6 is 0 Å². The zero-order valence-electron chi connectivity index (χ0n) is 14.9. The highest BCUT2D eigenvalue weighted by Gasteiger charge is 2.36. The van der Waals surface area contributed by atoms with Crippen LogP contribution in [0.4, 0.5) is 0 Å². The van der Waals surface area contributed by atoms with Crippen LogP contribution in [0.2, 0.25) is 0 Å². The maximum absolute atomic E-state index is 12.5. The maximum Gasteiger partial charge on any atom is 0.229 e. The highest BCUT2D eigenvalue weighted by Crippen LogP contribution is 2.47. The Bertz CT molecular complexity index is 743. The van der Waals surface area contributed by atoms with Gasteiger partial charge in [-0.2, -0.15) is 4.98 Å². The van der Waals surface area contributed by atoms with Gasteiger partial charge in [0.05, 0.1) is 0 Å². The quantitative estimate of drug-likeness (QED) is 0.831. The van der Waals surface area contributed by atoms with Crippen molar-refractivity contribution < 1.29 is 13.7 Å². The Hall–Kier alpha value is -2.11. The third-order valence-corrected chi connectivity index (χ3v) is 5.48. The van der Waals surface area contributed by atoms with E-state index in [0.717, 1.165) is 43.4 Å². The second-order valence-electron chi connectivity index (χ2n) is 7.46. The molecule has 1 aliphatic heterocycles. The van der Waals surface area contributed by atoms with Crippen molar-refractivity contribution in [2.45, 2.75) is 57.8 Å². The van der Waals surface area contributed by atoms with Gasteiger partial charge in [-0.25, -0.2) is 0 Å². The highest BCUT2D eigenvalue weighted by atomic mass is 16.5. The van der Waals surface area contributed by atoms with Crippen LogP contribution in [0.25, 0.3) is 0 Å². The molecule has 1 saturated heterocycles. The number of piperidine rings is 1. The molecular weight excluding hydrogens is 318 g/mol. The van der Waals surface area contributed by atoms with Gasteiger partial charge < -0.3 is 13.8 Å². The van der Waals surface area contributed by atoms with E-state index in [-0.39, 0.29) is 11.8 Å². The fraction of sp³-hybridized carbons (Fsp3) is 0.632. The summed E-state index contributed by atoms with van der Waals surface area (Å²) in [5.41, 5.74) is 0. The molecule has 0 aromatic carbocycles. The molecular formula is C19H25N3O3. The predicted molar refractivity (Wildman–Crippen MR) is 91.1 cm³/mol. The molecule has 25 heavy (non-hydrogen) atoms. The van der Waals surface area contributed by atoms with Gasteiger partial charge in [-0.15, -0.1) is 0 Å². The number of furan rings is 1. The van der Waals surface area contributed by atoms with Crippen molar-refractivity contribution in [3.8, 4) is 0 Å². The van der Waals surface area contributed by atoms with Crippen molar-refractivity contribution in [3.05, 3.63) is 35.4 Å². The lowest BCUT2D eigenvalue weighted by molar-refractivity contribution is -0.132. The van der Waals surface area contributed by atoms with Gasteiger partial charge in [-0.05, 0) is 44.2 Å². The number of hydrogen-bond donors (Lipinski definition) is 0. The standard InChI is InChI=1S/C19H25N3O3/c1-12-11-16(12)17-5-3-15(24-17)4-6-18(23)22-9-7-14(8-10-22)19-20-13(2)21-25-19/h3,5,12,14,16H,4,6-11H2,1-2H3/t12-,16+/m1/s1. The average molecular weight is 343 g/mol. The molecule has 0 unspecified atom stereocenters. The summed E-state index contributed by atoms with van der Waals surface area (Å²) in [6, 6.07) is 4.10. The van der Waals surface area contributed by atoms with E-state index in [1.165, 1.54) is 6.42 Å². The van der Waals surface area contributed by atoms with E-state index >= 15 is 0 Å². The lowest BCUT2D eigenvalue weighted by Gasteiger charge is -2.30. The van der Waals surface area contributed by atoms with E-state index in [1.807, 2.05) is 17.9 Å². The second-order valence-corrected chi connectivity index (χ2v) is 7.46. The fourth-order valence-electron chi connectivity index (χ4n) is 3.69. The van der Waals surface area contributed by atoms with E-state index in [2.05, 4.69) is 23.1 Å². The maximum atomic E-state index is 12.5. The first-order chi connectivity index (χ1) is 12.1. The summed E-state index contributed by atoms with van der Waals surface area (Å²) in [5.74, 6) is 5.22. The molecule has 0 bridgehead atoms. The highest BCUT2D eigenvalue weighted by molar-refractivity contribution is 5.76. The normalized spacial score (nSPS) is 23.8. The topological polar surface area (TPSA) is 72.4 Å². The monoisotopic (exact) mass is 343 g/mol. The Balaban J connectivity index is 1.24. The Morgan fingerprint density at radius 1 is 1.32 bits per heavy atom. The van der Waals surface area contributed by atoms with Crippen LogP contribution in [-0.2, 0) is 11.2 Å². The minimum Gasteiger partial charge on any atom is -0.466 e. The molecule has 6 nitrogen and oxygen atoms in total. The molecule has 3 heterocycles. The number of hydrogen-bond acceptors (Lipinski definition) is 5. The minimum atomic E-state index is 0.206. The van der Waals surface area contributed by atoms with Gasteiger partial charge in [0, 0.05) is 37.8 Å². The fourth-order valence-corrected chi connectivity index (χ4v) is 3.69. The van der Waals surface area contributed by atoms with Gasteiger partial charge in [0.1, 0.15) is 11.5 Å². The van der Waals surface area contributed by atoms with Crippen LogP contribution in [0.3, 0.4) is 0 Å². The van der Waals surface area contributed by atoms with Crippen LogP contribution < -0.4 is 0 Å². The predicted octanol–water partition coefficient (Wildman–Crippen LogP) is 3.43. The summed E-state index contributed by atoms with van der Waals surface area (Å²) in [5, 5.41) is 3.86. The van der Waals surface area contributed by atoms with E-state index in [1.54, 1.807) is 0 Å². The first kappa shape index (κ1) is 16.4. The van der Waals surface area contributed by atoms with Gasteiger partial charge in [0.25, 0.3) is 0 Å². The van der Waals surface area contributed by atoms with Gasteiger partial charge in [0.2, 0.25) is 11.8 Å². The first-order valence-corrected chi connectivity index (χ1v) is 9.26. The van der Waals surface area contributed by atoms with Crippen molar-refractivity contribution in [1.29, 1.82) is 0 Å². The molecule has 2 fully saturated rings. The van der Waals surface area contributed by atoms with Crippen LogP contribution in [0.5, 0.6) is 0 Å². The van der Waals surface area contributed by atoms with Crippen LogP contribution in [0, 0.1) is 12.8 Å². The van der Waals surface area contributed by atoms with E-state index in [9.17, 15) is 4.79 Å². The SMILES string of the molecule is Cc1noc(C2CCN(C(=O)CCc3ccc([C@H]4C[C@H]4C)o3)CC2)n1. The molecule has 2 aromatic heterocycles. The van der Waals surface area contributed by atoms with Crippen LogP contribution in [0.1, 0.15) is 67.7 Å². The van der Waals surface area contributed by atoms with Crippen molar-refractivity contribution in [2.75, 3.05) is 13.1 Å². The van der Waals surface area contributed by atoms with Gasteiger partial charge in [-0.1, -0.05) is 12.1 Å². The number of carbonyl (C=O) groups is 1. The molecule has 1 amide bonds. The molecule has 0 N–H and O–H groups in total. The van der Waals surface area contributed by atoms with Gasteiger partial charge in [-0.3, -0.25) is 4.79 Å². The van der Waals surface area contributed by atoms with E-state index in [0.29, 0.717) is 30.5 Å². The van der Waals surface area contributed by atoms with Gasteiger partial charge >= 0.3 is 0 Å². The number of aryl methyl sites for hydroxylation is 2. The molecule has 4 rings (SSSR count). The Kier molecular flexibility index (Phi) is 4.36. The second kappa shape index (κ2) is 6.65. The van der Waals surface area contributed by atoms with Crippen molar-refractivity contribution >= 4 is 5.91 Å². The number of carbonyl (C=O) groups excluding carboxylic acids is 1. The number of amides is 1. The molecule has 1 aliphatic carbocycles.